The van der Waals surface area contributed by atoms with E-state index in [1.807, 2.05) is 7.05 Å². The van der Waals surface area contributed by atoms with Crippen LogP contribution in [0.1, 0.15) is 36.0 Å². The van der Waals surface area contributed by atoms with Crippen LogP contribution in [0.25, 0.3) is 0 Å². The summed E-state index contributed by atoms with van der Waals surface area (Å²) in [5.41, 5.74) is 3.81. The molecule has 0 aliphatic carbocycles. The van der Waals surface area contributed by atoms with Crippen molar-refractivity contribution in [2.24, 2.45) is 0 Å². The smallest absolute Gasteiger partial charge is 0.0771 e. The lowest BCUT2D eigenvalue weighted by Crippen LogP contribution is -2.44. The molecule has 4 nitrogen and oxygen atoms in total. The second-order valence-electron chi connectivity index (χ2n) is 4.35. The summed E-state index contributed by atoms with van der Waals surface area (Å²) in [6, 6.07) is 0.938. The number of aryl methyl sites for hydroxylation is 1. The third-order valence-electron chi connectivity index (χ3n) is 3.35. The van der Waals surface area contributed by atoms with Crippen molar-refractivity contribution in [2.45, 2.75) is 32.9 Å². The average Bonchev–Trinajstić information content (AvgIpc) is 2.39. The molecular weight excluding hydrogens is 188 g/mol. The van der Waals surface area contributed by atoms with Gasteiger partial charge in [0.25, 0.3) is 0 Å². The van der Waals surface area contributed by atoms with Gasteiger partial charge >= 0.3 is 0 Å². The zero-order valence-electron chi connectivity index (χ0n) is 9.96. The third-order valence-corrected chi connectivity index (χ3v) is 3.35. The number of nitrogens with one attached hydrogen (secondary N) is 2. The molecule has 1 unspecified atom stereocenters. The summed E-state index contributed by atoms with van der Waals surface area (Å²) >= 11 is 0. The van der Waals surface area contributed by atoms with Crippen molar-refractivity contribution >= 4 is 0 Å². The molecule has 2 rings (SSSR count). The maximum atomic E-state index is 4.64. The first kappa shape index (κ1) is 10.6. The molecule has 1 aliphatic rings. The van der Waals surface area contributed by atoms with Gasteiger partial charge in [0.15, 0.2) is 0 Å². The SMILES string of the molecule is CNC(C)c1c(C)nn(C2CNC2)c1C. The average molecular weight is 208 g/mol. The zero-order chi connectivity index (χ0) is 11.0. The van der Waals surface area contributed by atoms with E-state index in [2.05, 4.69) is 41.2 Å². The van der Waals surface area contributed by atoms with Crippen LogP contribution in [-0.4, -0.2) is 29.9 Å². The summed E-state index contributed by atoms with van der Waals surface area (Å²) in [4.78, 5) is 0. The number of rotatable bonds is 3. The first-order chi connectivity index (χ1) is 7.15. The standard InChI is InChI=1S/C11H20N4/c1-7(12-4)11-8(2)14-15(9(11)3)10-5-13-6-10/h7,10,12-13H,5-6H2,1-4H3. The molecular formula is C11H20N4. The minimum atomic E-state index is 0.381. The van der Waals surface area contributed by atoms with Crippen molar-refractivity contribution in [1.29, 1.82) is 0 Å². The van der Waals surface area contributed by atoms with Crippen LogP contribution in [0.15, 0.2) is 0 Å². The number of nitrogens with zero attached hydrogens (tertiary/aromatic N) is 2. The van der Waals surface area contributed by atoms with Crippen LogP contribution >= 0.6 is 0 Å². The molecule has 0 saturated carbocycles. The van der Waals surface area contributed by atoms with E-state index >= 15 is 0 Å². The van der Waals surface area contributed by atoms with Gasteiger partial charge < -0.3 is 10.6 Å². The van der Waals surface area contributed by atoms with E-state index in [4.69, 9.17) is 0 Å². The number of hydrogen-bond acceptors (Lipinski definition) is 3. The molecule has 0 aromatic carbocycles. The molecule has 0 amide bonds. The van der Waals surface area contributed by atoms with E-state index in [9.17, 15) is 0 Å². The van der Waals surface area contributed by atoms with Gasteiger partial charge in [0, 0.05) is 30.4 Å². The molecule has 4 heteroatoms. The fourth-order valence-electron chi connectivity index (χ4n) is 2.25. The molecule has 1 aliphatic heterocycles. The first-order valence-corrected chi connectivity index (χ1v) is 5.58. The van der Waals surface area contributed by atoms with Crippen LogP contribution in [0.5, 0.6) is 0 Å². The molecule has 1 atom stereocenters. The molecule has 2 N–H and O–H groups in total. The summed E-state index contributed by atoms with van der Waals surface area (Å²) in [5.74, 6) is 0. The Morgan fingerprint density at radius 2 is 2.13 bits per heavy atom. The summed E-state index contributed by atoms with van der Waals surface area (Å²) in [6.07, 6.45) is 0. The van der Waals surface area contributed by atoms with Crippen LogP contribution in [0.4, 0.5) is 0 Å². The molecule has 15 heavy (non-hydrogen) atoms. The van der Waals surface area contributed by atoms with E-state index in [1.54, 1.807) is 0 Å². The lowest BCUT2D eigenvalue weighted by molar-refractivity contribution is 0.312. The summed E-state index contributed by atoms with van der Waals surface area (Å²) in [6.45, 7) is 8.55. The number of aromatic nitrogens is 2. The van der Waals surface area contributed by atoms with Gasteiger partial charge in [-0.2, -0.15) is 5.10 Å². The van der Waals surface area contributed by atoms with Crippen LogP contribution in [-0.2, 0) is 0 Å². The topological polar surface area (TPSA) is 41.9 Å². The van der Waals surface area contributed by atoms with Gasteiger partial charge in [-0.25, -0.2) is 0 Å². The second kappa shape index (κ2) is 3.94. The molecule has 1 aromatic rings. The van der Waals surface area contributed by atoms with E-state index < -0.39 is 0 Å². The van der Waals surface area contributed by atoms with Crippen molar-refractivity contribution in [2.75, 3.05) is 20.1 Å². The van der Waals surface area contributed by atoms with Crippen LogP contribution in [0.3, 0.4) is 0 Å². The Labute approximate surface area is 91.1 Å². The minimum Gasteiger partial charge on any atom is -0.313 e. The Morgan fingerprint density at radius 3 is 2.60 bits per heavy atom. The van der Waals surface area contributed by atoms with Gasteiger partial charge in [-0.05, 0) is 27.8 Å². The highest BCUT2D eigenvalue weighted by molar-refractivity contribution is 5.28. The van der Waals surface area contributed by atoms with Gasteiger partial charge in [0.2, 0.25) is 0 Å². The van der Waals surface area contributed by atoms with Gasteiger partial charge in [-0.3, -0.25) is 4.68 Å². The monoisotopic (exact) mass is 208 g/mol. The summed E-state index contributed by atoms with van der Waals surface area (Å²) < 4.78 is 2.18. The van der Waals surface area contributed by atoms with E-state index in [1.165, 1.54) is 11.3 Å². The Bertz CT molecular complexity index is 352. The quantitative estimate of drug-likeness (QED) is 0.776. The predicted octanol–water partition coefficient (Wildman–Crippen LogP) is 0.925. The van der Waals surface area contributed by atoms with Crippen LogP contribution in [0.2, 0.25) is 0 Å². The molecule has 84 valence electrons. The first-order valence-electron chi connectivity index (χ1n) is 5.58. The normalized spacial score (nSPS) is 18.9. The maximum absolute atomic E-state index is 4.64. The van der Waals surface area contributed by atoms with Crippen LogP contribution < -0.4 is 10.6 Å². The molecule has 1 fully saturated rings. The molecule has 0 spiro atoms. The van der Waals surface area contributed by atoms with Crippen molar-refractivity contribution < 1.29 is 0 Å². The highest BCUT2D eigenvalue weighted by Gasteiger charge is 2.24. The Hall–Kier alpha value is -0.870. The van der Waals surface area contributed by atoms with Gasteiger partial charge in [0.05, 0.1) is 11.7 Å². The number of hydrogen-bond donors (Lipinski definition) is 2. The molecule has 1 aromatic heterocycles. The molecule has 0 radical (unpaired) electrons. The van der Waals surface area contributed by atoms with Gasteiger partial charge in [0.1, 0.15) is 0 Å². The van der Waals surface area contributed by atoms with Crippen molar-refractivity contribution in [3.63, 3.8) is 0 Å². The Balaban J connectivity index is 2.34. The van der Waals surface area contributed by atoms with Crippen molar-refractivity contribution in [3.05, 3.63) is 17.0 Å². The Kier molecular flexibility index (Phi) is 2.80. The van der Waals surface area contributed by atoms with Crippen molar-refractivity contribution in [3.8, 4) is 0 Å². The third kappa shape index (κ3) is 1.68. The van der Waals surface area contributed by atoms with Gasteiger partial charge in [-0.1, -0.05) is 0 Å². The highest BCUT2D eigenvalue weighted by Crippen LogP contribution is 2.24. The molecule has 2 heterocycles. The second-order valence-corrected chi connectivity index (χ2v) is 4.35. The molecule has 0 bridgehead atoms. The largest absolute Gasteiger partial charge is 0.313 e. The fourth-order valence-corrected chi connectivity index (χ4v) is 2.25. The fraction of sp³-hybridized carbons (Fsp3) is 0.727. The van der Waals surface area contributed by atoms with Gasteiger partial charge in [-0.15, -0.1) is 0 Å². The highest BCUT2D eigenvalue weighted by atomic mass is 15.3. The molecule has 1 saturated heterocycles. The zero-order valence-corrected chi connectivity index (χ0v) is 9.96. The minimum absolute atomic E-state index is 0.381. The maximum Gasteiger partial charge on any atom is 0.0771 e. The Morgan fingerprint density at radius 1 is 1.47 bits per heavy atom. The van der Waals surface area contributed by atoms with Crippen molar-refractivity contribution in [1.82, 2.24) is 20.4 Å². The lowest BCUT2D eigenvalue weighted by Gasteiger charge is -2.28. The summed E-state index contributed by atoms with van der Waals surface area (Å²) in [7, 11) is 1.99. The lowest BCUT2D eigenvalue weighted by atomic mass is 10.1. The van der Waals surface area contributed by atoms with E-state index in [0.717, 1.165) is 18.8 Å². The van der Waals surface area contributed by atoms with Crippen LogP contribution in [0, 0.1) is 13.8 Å². The van der Waals surface area contributed by atoms with E-state index in [-0.39, 0.29) is 0 Å². The summed E-state index contributed by atoms with van der Waals surface area (Å²) in [5, 5.41) is 11.2. The van der Waals surface area contributed by atoms with E-state index in [0.29, 0.717) is 12.1 Å². The predicted molar refractivity (Wildman–Crippen MR) is 61.1 cm³/mol.